The molecule has 2 aromatic carbocycles. The van der Waals surface area contributed by atoms with Crippen molar-refractivity contribution in [2.45, 2.75) is 47.6 Å². The molecule has 2 aromatic rings. The van der Waals surface area contributed by atoms with Crippen molar-refractivity contribution in [3.05, 3.63) is 48.5 Å². The van der Waals surface area contributed by atoms with Crippen LogP contribution >= 0.6 is 0 Å². The van der Waals surface area contributed by atoms with Crippen LogP contribution in [0.4, 0.5) is 0 Å². The topological polar surface area (TPSA) is 0 Å². The Morgan fingerprint density at radius 2 is 0.684 bits per heavy atom. The first-order valence-electron chi connectivity index (χ1n) is 7.04. The van der Waals surface area contributed by atoms with Crippen LogP contribution in [0.25, 0.3) is 10.8 Å². The Balaban J connectivity index is 0. The predicted octanol–water partition coefficient (Wildman–Crippen LogP) is 6.85. The summed E-state index contributed by atoms with van der Waals surface area (Å²) in [7, 11) is 0. The Bertz CT molecular complexity index is 342. The number of hydrogen-bond donors (Lipinski definition) is 0. The number of rotatable bonds is 0. The van der Waals surface area contributed by atoms with Crippen LogP contribution in [-0.2, 0) is 0 Å². The maximum Gasteiger partial charge on any atom is -0.0184 e. The van der Waals surface area contributed by atoms with E-state index in [-0.39, 0.29) is 0 Å². The minimum absolute atomic E-state index is 1.02. The van der Waals surface area contributed by atoms with Gasteiger partial charge in [0.05, 0.1) is 0 Å². The minimum Gasteiger partial charge on any atom is -0.0616 e. The molecule has 0 N–H and O–H groups in total. The molecular weight excluding hydrogens is 344 g/mol. The summed E-state index contributed by atoms with van der Waals surface area (Å²) < 4.78 is 0. The molecule has 0 nitrogen and oxygen atoms in total. The Labute approximate surface area is 125 Å². The normalized spacial score (nSPS) is 9.89. The van der Waals surface area contributed by atoms with Crippen LogP contribution < -0.4 is 0 Å². The quantitative estimate of drug-likeness (QED) is 0.442. The van der Waals surface area contributed by atoms with Crippen LogP contribution in [-0.4, -0.2) is 18.2 Å². The van der Waals surface area contributed by atoms with E-state index in [0.717, 1.165) is 0 Å². The van der Waals surface area contributed by atoms with Gasteiger partial charge in [0.15, 0.2) is 0 Å². The van der Waals surface area contributed by atoms with Gasteiger partial charge in [0.2, 0.25) is 0 Å². The molecule has 0 aliphatic carbocycles. The summed E-state index contributed by atoms with van der Waals surface area (Å²) in [6, 6.07) is 16.7. The van der Waals surface area contributed by atoms with Crippen LogP contribution in [0.2, 0.25) is 19.9 Å². The fourth-order valence-corrected chi connectivity index (χ4v) is 1.13. The first-order chi connectivity index (χ1) is 8.97. The zero-order valence-electron chi connectivity index (χ0n) is 14.0. The van der Waals surface area contributed by atoms with E-state index in [1.54, 1.807) is 0 Å². The van der Waals surface area contributed by atoms with Gasteiger partial charge in [0, 0.05) is 0 Å². The Kier molecular flexibility index (Phi) is 13.7. The molecule has 0 aliphatic rings. The van der Waals surface area contributed by atoms with Crippen molar-refractivity contribution in [3.8, 4) is 0 Å². The maximum atomic E-state index is 2.38. The summed E-state index contributed by atoms with van der Waals surface area (Å²) in [6.45, 7) is 8.00. The summed E-state index contributed by atoms with van der Waals surface area (Å²) in [4.78, 5) is 9.51. The number of hydrogen-bond acceptors (Lipinski definition) is 0. The average molecular weight is 376 g/mol. The van der Waals surface area contributed by atoms with Crippen molar-refractivity contribution in [3.63, 3.8) is 0 Å². The fourth-order valence-electron chi connectivity index (χ4n) is 1.13. The average Bonchev–Trinajstić information content (AvgIpc) is 2.42. The fraction of sp³-hybridized carbons (Fsp3) is 0.444. The molecule has 0 atom stereocenters. The molecule has 0 aromatic heterocycles. The Morgan fingerprint density at radius 3 is 0.842 bits per heavy atom. The van der Waals surface area contributed by atoms with Gasteiger partial charge < -0.3 is 0 Å². The van der Waals surface area contributed by atoms with Gasteiger partial charge >= 0.3 is 38.1 Å². The van der Waals surface area contributed by atoms with E-state index in [0.29, 0.717) is 0 Å². The van der Waals surface area contributed by atoms with Gasteiger partial charge in [-0.2, -0.15) is 0 Å². The standard InChI is InChI=1S/C10H8.C4H12Te.2C2H6/c1-2-6-10-8-4-3-7-9(10)5-1;1-5(2,3)4;2*1-2/h1-8H;1-4H3;2*1-2H3. The molecule has 0 radical (unpaired) electrons. The second kappa shape index (κ2) is 12.5. The molecule has 0 spiro atoms. The summed E-state index contributed by atoms with van der Waals surface area (Å²) >= 11 is -1.02. The third-order valence-electron chi connectivity index (χ3n) is 1.66. The molecule has 0 amide bonds. The van der Waals surface area contributed by atoms with Crippen molar-refractivity contribution in [2.24, 2.45) is 0 Å². The molecule has 0 unspecified atom stereocenters. The third-order valence-corrected chi connectivity index (χ3v) is 1.66. The van der Waals surface area contributed by atoms with Crippen molar-refractivity contribution in [2.75, 3.05) is 0 Å². The van der Waals surface area contributed by atoms with Gasteiger partial charge in [-0.1, -0.05) is 76.2 Å². The van der Waals surface area contributed by atoms with Gasteiger partial charge in [-0.25, -0.2) is 0 Å². The summed E-state index contributed by atoms with van der Waals surface area (Å²) in [5.41, 5.74) is 0. The van der Waals surface area contributed by atoms with Gasteiger partial charge in [-0.05, 0) is 10.8 Å². The first kappa shape index (κ1) is 20.8. The van der Waals surface area contributed by atoms with Crippen LogP contribution in [0.3, 0.4) is 0 Å². The molecule has 0 saturated carbocycles. The smallest absolute Gasteiger partial charge is 0.0184 e. The molecule has 0 saturated heterocycles. The van der Waals surface area contributed by atoms with Gasteiger partial charge in [-0.15, -0.1) is 0 Å². The van der Waals surface area contributed by atoms with Crippen molar-refractivity contribution < 1.29 is 0 Å². The molecule has 19 heavy (non-hydrogen) atoms. The molecule has 110 valence electrons. The molecule has 0 fully saturated rings. The Hall–Kier alpha value is -0.510. The Morgan fingerprint density at radius 1 is 0.526 bits per heavy atom. The number of fused-ring (bicyclic) bond motifs is 1. The van der Waals surface area contributed by atoms with Crippen molar-refractivity contribution >= 4 is 29.0 Å². The summed E-state index contributed by atoms with van der Waals surface area (Å²) in [5.74, 6) is 0. The largest absolute Gasteiger partial charge is 0.0616 e. The predicted molar refractivity (Wildman–Crippen MR) is 95.9 cm³/mol. The monoisotopic (exact) mass is 378 g/mol. The van der Waals surface area contributed by atoms with Crippen molar-refractivity contribution in [1.29, 1.82) is 0 Å². The second-order valence-corrected chi connectivity index (χ2v) is 18.8. The molecule has 0 bridgehead atoms. The molecule has 0 aliphatic heterocycles. The first-order valence-corrected chi connectivity index (χ1v) is 16.4. The van der Waals surface area contributed by atoms with E-state index < -0.39 is 18.2 Å². The van der Waals surface area contributed by atoms with Gasteiger partial charge in [-0.3, -0.25) is 0 Å². The van der Waals surface area contributed by atoms with Crippen LogP contribution in [0.1, 0.15) is 27.7 Å². The SMILES string of the molecule is CC.CC.C[Te](C)(C)C.c1ccc2ccccc2c1. The second-order valence-electron chi connectivity index (χ2n) is 4.80. The molecular formula is C18H32Te. The molecule has 2 rings (SSSR count). The van der Waals surface area contributed by atoms with E-state index in [1.165, 1.54) is 10.8 Å². The summed E-state index contributed by atoms with van der Waals surface area (Å²) in [5, 5.41) is 2.62. The third kappa shape index (κ3) is 13.7. The van der Waals surface area contributed by atoms with Crippen molar-refractivity contribution in [1.82, 2.24) is 0 Å². The van der Waals surface area contributed by atoms with Crippen LogP contribution in [0, 0.1) is 0 Å². The minimum atomic E-state index is -1.02. The van der Waals surface area contributed by atoms with E-state index in [1.807, 2.05) is 27.7 Å². The van der Waals surface area contributed by atoms with Crippen LogP contribution in [0.5, 0.6) is 0 Å². The van der Waals surface area contributed by atoms with E-state index >= 15 is 0 Å². The maximum absolute atomic E-state index is 2.38. The van der Waals surface area contributed by atoms with Crippen LogP contribution in [0.15, 0.2) is 48.5 Å². The van der Waals surface area contributed by atoms with Gasteiger partial charge in [0.25, 0.3) is 0 Å². The van der Waals surface area contributed by atoms with E-state index in [4.69, 9.17) is 0 Å². The summed E-state index contributed by atoms with van der Waals surface area (Å²) in [6.07, 6.45) is 0. The van der Waals surface area contributed by atoms with Gasteiger partial charge in [0.1, 0.15) is 0 Å². The number of benzene rings is 2. The molecule has 0 heterocycles. The zero-order valence-corrected chi connectivity index (χ0v) is 16.4. The van der Waals surface area contributed by atoms with E-state index in [9.17, 15) is 0 Å². The van der Waals surface area contributed by atoms with E-state index in [2.05, 4.69) is 68.4 Å². The zero-order chi connectivity index (χ0) is 15.3. The molecule has 1 heteroatoms.